The lowest BCUT2D eigenvalue weighted by Gasteiger charge is -2.26. The Morgan fingerprint density at radius 2 is 2.14 bits per heavy atom. The summed E-state index contributed by atoms with van der Waals surface area (Å²) in [6, 6.07) is 7.74. The highest BCUT2D eigenvalue weighted by atomic mass is 79.9. The van der Waals surface area contributed by atoms with Crippen LogP contribution in [-0.2, 0) is 16.4 Å². The van der Waals surface area contributed by atoms with E-state index in [1.165, 1.54) is 18.2 Å². The second kappa shape index (κ2) is 5.79. The van der Waals surface area contributed by atoms with E-state index in [1.807, 2.05) is 12.1 Å². The zero-order chi connectivity index (χ0) is 15.0. The van der Waals surface area contributed by atoms with Gasteiger partial charge in [0.05, 0.1) is 14.4 Å². The van der Waals surface area contributed by atoms with Crippen LogP contribution in [0.2, 0.25) is 0 Å². The Labute approximate surface area is 135 Å². The summed E-state index contributed by atoms with van der Waals surface area (Å²) in [5.41, 5.74) is 0.539. The number of thiophene rings is 1. The minimum absolute atomic E-state index is 0.0947. The van der Waals surface area contributed by atoms with Gasteiger partial charge in [-0.1, -0.05) is 0 Å². The summed E-state index contributed by atoms with van der Waals surface area (Å²) < 4.78 is 38.6. The highest BCUT2D eigenvalue weighted by molar-refractivity contribution is 9.11. The smallest absolute Gasteiger partial charge is 0.178 e. The van der Waals surface area contributed by atoms with Gasteiger partial charge in [0.15, 0.2) is 9.84 Å². The van der Waals surface area contributed by atoms with Crippen molar-refractivity contribution in [2.45, 2.75) is 23.9 Å². The summed E-state index contributed by atoms with van der Waals surface area (Å²) in [6.07, 6.45) is 0.464. The second-order valence-corrected chi connectivity index (χ2v) is 9.55. The summed E-state index contributed by atoms with van der Waals surface area (Å²) in [4.78, 5) is 1.40. The minimum Gasteiger partial charge on any atom is -0.305 e. The van der Waals surface area contributed by atoms with E-state index < -0.39 is 15.7 Å². The van der Waals surface area contributed by atoms with Crippen molar-refractivity contribution in [2.75, 3.05) is 5.75 Å². The summed E-state index contributed by atoms with van der Waals surface area (Å²) in [5, 5.41) is 3.33. The first kappa shape index (κ1) is 15.1. The number of halogens is 2. The van der Waals surface area contributed by atoms with Crippen LogP contribution in [0.4, 0.5) is 4.39 Å². The molecule has 1 aromatic heterocycles. The molecule has 1 unspecified atom stereocenters. The van der Waals surface area contributed by atoms with Gasteiger partial charge in [0.25, 0.3) is 0 Å². The highest BCUT2D eigenvalue weighted by Gasteiger charge is 2.30. The Balaban J connectivity index is 1.86. The standard InChI is InChI=1S/C14H13BrFNO2S2/c15-14-4-2-10(20-14)8-17-12-5-6-21(18,19)13-3-1-9(16)7-11(12)13/h1-4,7,12,17H,5-6,8H2. The van der Waals surface area contributed by atoms with Crippen LogP contribution >= 0.6 is 27.3 Å². The third kappa shape index (κ3) is 3.21. The van der Waals surface area contributed by atoms with Crippen molar-refractivity contribution in [2.24, 2.45) is 0 Å². The average molecular weight is 390 g/mol. The molecule has 0 radical (unpaired) electrons. The van der Waals surface area contributed by atoms with Gasteiger partial charge >= 0.3 is 0 Å². The van der Waals surface area contributed by atoms with Gasteiger partial charge in [-0.3, -0.25) is 0 Å². The van der Waals surface area contributed by atoms with Crippen LogP contribution in [0.25, 0.3) is 0 Å². The lowest BCUT2D eigenvalue weighted by Crippen LogP contribution is -2.29. The maximum atomic E-state index is 13.5. The van der Waals surface area contributed by atoms with Gasteiger partial charge in [0.1, 0.15) is 5.82 Å². The van der Waals surface area contributed by atoms with E-state index in [0.717, 1.165) is 8.66 Å². The normalized spacial score (nSPS) is 20.2. The molecule has 1 atom stereocenters. The van der Waals surface area contributed by atoms with Crippen molar-refractivity contribution >= 4 is 37.1 Å². The first-order chi connectivity index (χ1) is 9.95. The lowest BCUT2D eigenvalue weighted by atomic mass is 10.0. The molecule has 0 bridgehead atoms. The number of hydrogen-bond donors (Lipinski definition) is 1. The Hall–Kier alpha value is -0.760. The largest absolute Gasteiger partial charge is 0.305 e. The van der Waals surface area contributed by atoms with Gasteiger partial charge in [0, 0.05) is 17.5 Å². The molecule has 0 amide bonds. The predicted octanol–water partition coefficient (Wildman–Crippen LogP) is 3.66. The number of hydrogen-bond acceptors (Lipinski definition) is 4. The molecule has 0 fully saturated rings. The Kier molecular flexibility index (Phi) is 4.18. The monoisotopic (exact) mass is 389 g/mol. The Morgan fingerprint density at radius 3 is 2.86 bits per heavy atom. The first-order valence-corrected chi connectivity index (χ1v) is 9.72. The second-order valence-electron chi connectivity index (χ2n) is 4.93. The van der Waals surface area contributed by atoms with Crippen molar-refractivity contribution in [1.29, 1.82) is 0 Å². The van der Waals surface area contributed by atoms with Crippen LogP contribution < -0.4 is 5.32 Å². The first-order valence-electron chi connectivity index (χ1n) is 6.45. The number of sulfone groups is 1. The minimum atomic E-state index is -3.28. The molecule has 1 aliphatic heterocycles. The fourth-order valence-corrected chi connectivity index (χ4v) is 5.53. The molecule has 3 nitrogen and oxygen atoms in total. The molecular weight excluding hydrogens is 377 g/mol. The van der Waals surface area contributed by atoms with Gasteiger partial charge in [-0.25, -0.2) is 12.8 Å². The molecule has 1 aliphatic rings. The molecule has 0 aliphatic carbocycles. The average Bonchev–Trinajstić information content (AvgIpc) is 2.83. The van der Waals surface area contributed by atoms with Crippen LogP contribution in [0.1, 0.15) is 22.9 Å². The zero-order valence-corrected chi connectivity index (χ0v) is 14.2. The van der Waals surface area contributed by atoms with Gasteiger partial charge in [-0.05, 0) is 58.2 Å². The van der Waals surface area contributed by atoms with Gasteiger partial charge in [0.2, 0.25) is 0 Å². The van der Waals surface area contributed by atoms with E-state index in [4.69, 9.17) is 0 Å². The molecule has 3 rings (SSSR count). The predicted molar refractivity (Wildman–Crippen MR) is 84.7 cm³/mol. The topological polar surface area (TPSA) is 46.2 Å². The zero-order valence-electron chi connectivity index (χ0n) is 11.0. The molecule has 112 valence electrons. The van der Waals surface area contributed by atoms with Crippen molar-refractivity contribution < 1.29 is 12.8 Å². The summed E-state index contributed by atoms with van der Waals surface area (Å²) in [6.45, 7) is 0.636. The quantitative estimate of drug-likeness (QED) is 0.814. The number of nitrogens with one attached hydrogen (secondary N) is 1. The maximum Gasteiger partial charge on any atom is 0.178 e. The summed E-state index contributed by atoms with van der Waals surface area (Å²) in [5.74, 6) is -0.311. The molecule has 7 heteroatoms. The Bertz CT molecular complexity index is 773. The van der Waals surface area contributed by atoms with Gasteiger partial charge in [-0.15, -0.1) is 11.3 Å². The lowest BCUT2D eigenvalue weighted by molar-refractivity contribution is 0.489. The third-order valence-electron chi connectivity index (χ3n) is 3.51. The maximum absolute atomic E-state index is 13.5. The highest BCUT2D eigenvalue weighted by Crippen LogP contribution is 2.33. The summed E-state index contributed by atoms with van der Waals surface area (Å²) in [7, 11) is -3.28. The molecule has 1 N–H and O–H groups in total. The molecule has 2 aromatic rings. The van der Waals surface area contributed by atoms with E-state index in [2.05, 4.69) is 21.2 Å². The van der Waals surface area contributed by atoms with Crippen molar-refractivity contribution in [1.82, 2.24) is 5.32 Å². The third-order valence-corrected chi connectivity index (χ3v) is 6.95. The van der Waals surface area contributed by atoms with Crippen molar-refractivity contribution in [3.8, 4) is 0 Å². The SMILES string of the molecule is O=S1(=O)CCC(NCc2ccc(Br)s2)c2cc(F)ccc21. The van der Waals surface area contributed by atoms with Gasteiger partial charge in [-0.2, -0.15) is 0 Å². The molecule has 0 spiro atoms. The van der Waals surface area contributed by atoms with E-state index in [-0.39, 0.29) is 16.7 Å². The van der Waals surface area contributed by atoms with Crippen LogP contribution in [0, 0.1) is 5.82 Å². The molecule has 2 heterocycles. The van der Waals surface area contributed by atoms with Crippen LogP contribution in [0.5, 0.6) is 0 Å². The number of fused-ring (bicyclic) bond motifs is 1. The molecule has 0 saturated heterocycles. The Morgan fingerprint density at radius 1 is 1.33 bits per heavy atom. The molecule has 21 heavy (non-hydrogen) atoms. The van der Waals surface area contributed by atoms with Crippen LogP contribution in [0.15, 0.2) is 39.0 Å². The molecular formula is C14H13BrFNO2S2. The molecule has 0 saturated carbocycles. The van der Waals surface area contributed by atoms with E-state index in [0.29, 0.717) is 18.5 Å². The number of benzene rings is 1. The van der Waals surface area contributed by atoms with Crippen molar-refractivity contribution in [3.05, 3.63) is 50.4 Å². The van der Waals surface area contributed by atoms with Crippen LogP contribution in [0.3, 0.4) is 0 Å². The van der Waals surface area contributed by atoms with E-state index >= 15 is 0 Å². The molecule has 1 aromatic carbocycles. The fourth-order valence-electron chi connectivity index (χ4n) is 2.50. The van der Waals surface area contributed by atoms with E-state index in [9.17, 15) is 12.8 Å². The van der Waals surface area contributed by atoms with Crippen LogP contribution in [-0.4, -0.2) is 14.2 Å². The van der Waals surface area contributed by atoms with Crippen molar-refractivity contribution in [3.63, 3.8) is 0 Å². The number of rotatable bonds is 3. The summed E-state index contributed by atoms with van der Waals surface area (Å²) >= 11 is 5.03. The van der Waals surface area contributed by atoms with E-state index in [1.54, 1.807) is 11.3 Å². The fraction of sp³-hybridized carbons (Fsp3) is 0.286. The van der Waals surface area contributed by atoms with Gasteiger partial charge < -0.3 is 5.32 Å².